The number of anilines is 1. The van der Waals surface area contributed by atoms with Gasteiger partial charge in [-0.15, -0.1) is 0 Å². The van der Waals surface area contributed by atoms with Crippen LogP contribution in [0.15, 0.2) is 36.4 Å². The van der Waals surface area contributed by atoms with E-state index in [9.17, 15) is 19.7 Å². The Labute approximate surface area is 157 Å². The number of hydrogen-bond acceptors (Lipinski definition) is 5. The zero-order valence-corrected chi connectivity index (χ0v) is 14.9. The fraction of sp³-hybridized carbons (Fsp3) is 0.0625. The van der Waals surface area contributed by atoms with Crippen LogP contribution in [0.5, 0.6) is 0 Å². The van der Waals surface area contributed by atoms with E-state index in [0.717, 1.165) is 12.1 Å². The average molecular weight is 394 g/mol. The summed E-state index contributed by atoms with van der Waals surface area (Å²) in [7, 11) is 0. The summed E-state index contributed by atoms with van der Waals surface area (Å²) in [4.78, 5) is 33.4. The van der Waals surface area contributed by atoms with Crippen molar-refractivity contribution in [2.24, 2.45) is 0 Å². The van der Waals surface area contributed by atoms with Gasteiger partial charge in [-0.1, -0.05) is 17.7 Å². The number of aromatic carboxylic acids is 1. The average Bonchev–Trinajstić information content (AvgIpc) is 2.56. The van der Waals surface area contributed by atoms with Gasteiger partial charge in [0.25, 0.3) is 11.6 Å². The minimum absolute atomic E-state index is 0.0115. The van der Waals surface area contributed by atoms with Gasteiger partial charge in [-0.05, 0) is 42.9 Å². The van der Waals surface area contributed by atoms with Crippen molar-refractivity contribution in [1.29, 1.82) is 0 Å². The molecule has 0 radical (unpaired) electrons. The quantitative estimate of drug-likeness (QED) is 0.413. The Morgan fingerprint density at radius 2 is 1.92 bits per heavy atom. The van der Waals surface area contributed by atoms with Crippen molar-refractivity contribution >= 4 is 52.2 Å². The van der Waals surface area contributed by atoms with Gasteiger partial charge in [0.2, 0.25) is 0 Å². The van der Waals surface area contributed by atoms with Gasteiger partial charge in [0.15, 0.2) is 5.11 Å². The van der Waals surface area contributed by atoms with Crippen LogP contribution in [0.3, 0.4) is 0 Å². The molecule has 26 heavy (non-hydrogen) atoms. The van der Waals surface area contributed by atoms with Crippen molar-refractivity contribution < 1.29 is 19.6 Å². The number of nitrogens with zero attached hydrogens (tertiary/aromatic N) is 1. The highest BCUT2D eigenvalue weighted by atomic mass is 35.5. The number of halogens is 1. The van der Waals surface area contributed by atoms with Crippen molar-refractivity contribution in [2.45, 2.75) is 6.92 Å². The number of thiocarbonyl (C=S) groups is 1. The third-order valence-electron chi connectivity index (χ3n) is 3.45. The first kappa shape index (κ1) is 19.3. The largest absolute Gasteiger partial charge is 0.478 e. The molecule has 3 N–H and O–H groups in total. The zero-order valence-electron chi connectivity index (χ0n) is 13.3. The van der Waals surface area contributed by atoms with Crippen molar-refractivity contribution in [3.63, 3.8) is 0 Å². The molecule has 0 atom stereocenters. The summed E-state index contributed by atoms with van der Waals surface area (Å²) in [6.07, 6.45) is 0. The minimum atomic E-state index is -1.08. The fourth-order valence-electron chi connectivity index (χ4n) is 2.13. The lowest BCUT2D eigenvalue weighted by Crippen LogP contribution is -2.34. The van der Waals surface area contributed by atoms with Gasteiger partial charge in [-0.3, -0.25) is 20.2 Å². The van der Waals surface area contributed by atoms with Gasteiger partial charge in [-0.2, -0.15) is 0 Å². The van der Waals surface area contributed by atoms with Crippen LogP contribution < -0.4 is 10.6 Å². The highest BCUT2D eigenvalue weighted by molar-refractivity contribution is 7.80. The summed E-state index contributed by atoms with van der Waals surface area (Å²) in [5.41, 5.74) is 0.739. The second kappa shape index (κ2) is 7.89. The highest BCUT2D eigenvalue weighted by Gasteiger charge is 2.17. The summed E-state index contributed by atoms with van der Waals surface area (Å²) in [6.45, 7) is 1.60. The lowest BCUT2D eigenvalue weighted by molar-refractivity contribution is -0.384. The molecule has 0 spiro atoms. The smallest absolute Gasteiger partial charge is 0.336 e. The first-order valence-electron chi connectivity index (χ1n) is 7.10. The number of amides is 1. The maximum absolute atomic E-state index is 12.2. The molecule has 8 nitrogen and oxygen atoms in total. The fourth-order valence-corrected chi connectivity index (χ4v) is 2.59. The van der Waals surface area contributed by atoms with Crippen LogP contribution in [-0.4, -0.2) is 27.0 Å². The molecule has 10 heteroatoms. The van der Waals surface area contributed by atoms with E-state index >= 15 is 0 Å². The van der Waals surface area contributed by atoms with E-state index in [-0.39, 0.29) is 26.9 Å². The van der Waals surface area contributed by atoms with Gasteiger partial charge in [0, 0.05) is 17.8 Å². The zero-order chi connectivity index (χ0) is 19.4. The molecular weight excluding hydrogens is 382 g/mol. The minimum Gasteiger partial charge on any atom is -0.478 e. The number of carboxylic acids is 1. The molecule has 0 aliphatic heterocycles. The van der Waals surface area contributed by atoms with Crippen LogP contribution in [0.4, 0.5) is 11.4 Å². The van der Waals surface area contributed by atoms with E-state index in [1.165, 1.54) is 18.2 Å². The highest BCUT2D eigenvalue weighted by Crippen LogP contribution is 2.23. The summed E-state index contributed by atoms with van der Waals surface area (Å²) < 4.78 is 0. The van der Waals surface area contributed by atoms with Crippen LogP contribution in [0, 0.1) is 17.0 Å². The van der Waals surface area contributed by atoms with E-state index in [0.29, 0.717) is 11.3 Å². The van der Waals surface area contributed by atoms with E-state index < -0.39 is 16.8 Å². The number of carbonyl (C=O) groups excluding carboxylic acids is 1. The molecule has 0 aliphatic carbocycles. The number of nitrogens with one attached hydrogen (secondary N) is 2. The number of carboxylic acid groups (broad SMARTS) is 1. The Hall–Kier alpha value is -3.04. The molecule has 0 saturated carbocycles. The lowest BCUT2D eigenvalue weighted by Gasteiger charge is -2.13. The number of nitro groups is 1. The van der Waals surface area contributed by atoms with E-state index in [4.69, 9.17) is 28.9 Å². The molecule has 0 fully saturated rings. The van der Waals surface area contributed by atoms with Crippen molar-refractivity contribution in [3.05, 3.63) is 68.2 Å². The molecule has 0 saturated heterocycles. The van der Waals surface area contributed by atoms with Crippen LogP contribution in [0.1, 0.15) is 26.3 Å². The number of non-ortho nitro benzene ring substituents is 1. The number of hydrogen-bond donors (Lipinski definition) is 3. The van der Waals surface area contributed by atoms with Gasteiger partial charge < -0.3 is 10.4 Å². The topological polar surface area (TPSA) is 122 Å². The monoisotopic (exact) mass is 393 g/mol. The Balaban J connectivity index is 2.13. The van der Waals surface area contributed by atoms with Crippen LogP contribution >= 0.6 is 23.8 Å². The maximum atomic E-state index is 12.2. The number of benzene rings is 2. The standard InChI is InChI=1S/C16H12ClN3O5S/c1-8-10(15(22)23)3-2-4-13(8)18-16(26)19-14(21)11-6-5-9(20(24)25)7-12(11)17/h2-7H,1H3,(H,22,23)(H2,18,19,21,26). The number of rotatable bonds is 4. The van der Waals surface area contributed by atoms with E-state index in [1.807, 2.05) is 0 Å². The van der Waals surface area contributed by atoms with Crippen molar-refractivity contribution in [2.75, 3.05) is 5.32 Å². The summed E-state index contributed by atoms with van der Waals surface area (Å²) in [5, 5.41) is 24.8. The van der Waals surface area contributed by atoms with Gasteiger partial charge in [-0.25, -0.2) is 4.79 Å². The van der Waals surface area contributed by atoms with Gasteiger partial charge in [0.1, 0.15) is 0 Å². The Morgan fingerprint density at radius 3 is 2.50 bits per heavy atom. The second-order valence-corrected chi connectivity index (χ2v) is 5.93. The molecule has 0 aliphatic rings. The summed E-state index contributed by atoms with van der Waals surface area (Å²) in [5.74, 6) is -1.74. The molecule has 2 aromatic carbocycles. The van der Waals surface area contributed by atoms with E-state index in [1.54, 1.807) is 13.0 Å². The third-order valence-corrected chi connectivity index (χ3v) is 3.96. The van der Waals surface area contributed by atoms with Crippen LogP contribution in [-0.2, 0) is 0 Å². The van der Waals surface area contributed by atoms with Gasteiger partial charge in [0.05, 0.1) is 21.1 Å². The Kier molecular flexibility index (Phi) is 5.86. The molecule has 0 heterocycles. The molecule has 2 rings (SSSR count). The predicted molar refractivity (Wildman–Crippen MR) is 99.9 cm³/mol. The van der Waals surface area contributed by atoms with Gasteiger partial charge >= 0.3 is 5.97 Å². The van der Waals surface area contributed by atoms with Crippen molar-refractivity contribution in [1.82, 2.24) is 5.32 Å². The first-order valence-corrected chi connectivity index (χ1v) is 7.88. The third kappa shape index (κ3) is 4.32. The first-order chi connectivity index (χ1) is 12.2. The molecule has 2 aromatic rings. The number of carbonyl (C=O) groups is 2. The normalized spacial score (nSPS) is 10.1. The summed E-state index contributed by atoms with van der Waals surface area (Å²) >= 11 is 10.9. The second-order valence-electron chi connectivity index (χ2n) is 5.11. The summed E-state index contributed by atoms with van der Waals surface area (Å²) in [6, 6.07) is 8.02. The van der Waals surface area contributed by atoms with E-state index in [2.05, 4.69) is 10.6 Å². The molecule has 0 unspecified atom stereocenters. The SMILES string of the molecule is Cc1c(NC(=S)NC(=O)c2ccc([N+](=O)[O-])cc2Cl)cccc1C(=O)O. The molecule has 134 valence electrons. The van der Waals surface area contributed by atoms with Crippen molar-refractivity contribution in [3.8, 4) is 0 Å². The van der Waals surface area contributed by atoms with Crippen LogP contribution in [0.2, 0.25) is 5.02 Å². The molecular formula is C16H12ClN3O5S. The molecule has 1 amide bonds. The Morgan fingerprint density at radius 1 is 1.23 bits per heavy atom. The lowest BCUT2D eigenvalue weighted by atomic mass is 10.1. The molecule has 0 bridgehead atoms. The number of nitro benzene ring substituents is 1. The molecule has 0 aromatic heterocycles. The Bertz CT molecular complexity index is 932. The van der Waals surface area contributed by atoms with Crippen LogP contribution in [0.25, 0.3) is 0 Å². The maximum Gasteiger partial charge on any atom is 0.336 e. The predicted octanol–water partition coefficient (Wildman–Crippen LogP) is 3.38.